The Morgan fingerprint density at radius 1 is 1.06 bits per heavy atom. The first kappa shape index (κ1) is 13.0. The molecule has 1 aromatic carbocycles. The van der Waals surface area contributed by atoms with Crippen molar-refractivity contribution >= 4 is 5.69 Å². The molecule has 1 rings (SSSR count). The van der Waals surface area contributed by atoms with E-state index in [1.165, 1.54) is 11.3 Å². The van der Waals surface area contributed by atoms with Gasteiger partial charge in [0.05, 0.1) is 0 Å². The average molecular weight is 220 g/mol. The van der Waals surface area contributed by atoms with Crippen molar-refractivity contribution < 1.29 is 0 Å². The molecule has 0 aliphatic heterocycles. The molecular formula is C14H24N2. The average Bonchev–Trinajstić information content (AvgIpc) is 2.23. The van der Waals surface area contributed by atoms with Crippen molar-refractivity contribution in [2.75, 3.05) is 18.4 Å². The molecule has 0 bridgehead atoms. The third kappa shape index (κ3) is 4.67. The van der Waals surface area contributed by atoms with Crippen molar-refractivity contribution in [1.82, 2.24) is 5.32 Å². The molecule has 90 valence electrons. The molecule has 0 saturated carbocycles. The van der Waals surface area contributed by atoms with E-state index in [1.807, 2.05) is 0 Å². The Balaban J connectivity index is 2.37. The maximum absolute atomic E-state index is 3.47. The minimum Gasteiger partial charge on any atom is -0.384 e. The van der Waals surface area contributed by atoms with E-state index in [0.29, 0.717) is 0 Å². The molecule has 0 aromatic heterocycles. The van der Waals surface area contributed by atoms with Gasteiger partial charge in [0.25, 0.3) is 0 Å². The predicted octanol–water partition coefficient (Wildman–Crippen LogP) is 3.05. The van der Waals surface area contributed by atoms with Crippen LogP contribution in [0.2, 0.25) is 0 Å². The van der Waals surface area contributed by atoms with E-state index in [1.54, 1.807) is 0 Å². The van der Waals surface area contributed by atoms with Gasteiger partial charge in [-0.2, -0.15) is 0 Å². The molecule has 2 heteroatoms. The number of rotatable bonds is 5. The van der Waals surface area contributed by atoms with Gasteiger partial charge in [-0.3, -0.25) is 0 Å². The fourth-order valence-electron chi connectivity index (χ4n) is 1.64. The van der Waals surface area contributed by atoms with Crippen LogP contribution in [0.25, 0.3) is 0 Å². The van der Waals surface area contributed by atoms with Gasteiger partial charge < -0.3 is 10.6 Å². The van der Waals surface area contributed by atoms with Crippen molar-refractivity contribution in [3.8, 4) is 0 Å². The zero-order chi connectivity index (χ0) is 12.0. The first-order chi connectivity index (χ1) is 7.53. The molecule has 2 N–H and O–H groups in total. The number of anilines is 1. The van der Waals surface area contributed by atoms with Gasteiger partial charge in [0.15, 0.2) is 0 Å². The van der Waals surface area contributed by atoms with Gasteiger partial charge >= 0.3 is 0 Å². The van der Waals surface area contributed by atoms with Gasteiger partial charge in [0, 0.05) is 24.3 Å². The molecule has 0 spiro atoms. The predicted molar refractivity (Wildman–Crippen MR) is 72.1 cm³/mol. The highest BCUT2D eigenvalue weighted by Gasteiger charge is 2.07. The maximum Gasteiger partial charge on any atom is 0.0373 e. The van der Waals surface area contributed by atoms with Gasteiger partial charge in [-0.1, -0.05) is 25.1 Å². The fraction of sp³-hybridized carbons (Fsp3) is 0.571. The number of aryl methyl sites for hydroxylation is 1. The smallest absolute Gasteiger partial charge is 0.0373 e. The highest BCUT2D eigenvalue weighted by atomic mass is 15.0. The van der Waals surface area contributed by atoms with Crippen LogP contribution >= 0.6 is 0 Å². The molecule has 0 unspecified atom stereocenters. The first-order valence-corrected chi connectivity index (χ1v) is 6.10. The topological polar surface area (TPSA) is 24.1 Å². The van der Waals surface area contributed by atoms with Crippen molar-refractivity contribution in [2.24, 2.45) is 0 Å². The lowest BCUT2D eigenvalue weighted by Crippen LogP contribution is -2.38. The summed E-state index contributed by atoms with van der Waals surface area (Å²) in [5, 5.41) is 6.94. The molecule has 0 saturated heterocycles. The Morgan fingerprint density at radius 2 is 1.75 bits per heavy atom. The summed E-state index contributed by atoms with van der Waals surface area (Å²) in [6.07, 6.45) is 1.08. The molecule has 16 heavy (non-hydrogen) atoms. The number of hydrogen-bond donors (Lipinski definition) is 2. The largest absolute Gasteiger partial charge is 0.384 e. The minimum absolute atomic E-state index is 0.200. The Labute approximate surface area is 99.5 Å². The Morgan fingerprint density at radius 3 is 2.38 bits per heavy atom. The second-order valence-electron chi connectivity index (χ2n) is 5.11. The molecule has 0 amide bonds. The zero-order valence-corrected chi connectivity index (χ0v) is 10.9. The van der Waals surface area contributed by atoms with Crippen molar-refractivity contribution in [3.05, 3.63) is 29.8 Å². The molecule has 2 nitrogen and oxygen atoms in total. The summed E-state index contributed by atoms with van der Waals surface area (Å²) in [4.78, 5) is 0. The summed E-state index contributed by atoms with van der Waals surface area (Å²) in [6, 6.07) is 8.51. The van der Waals surface area contributed by atoms with Crippen molar-refractivity contribution in [1.29, 1.82) is 0 Å². The monoisotopic (exact) mass is 220 g/mol. The Hall–Kier alpha value is -1.02. The van der Waals surface area contributed by atoms with E-state index >= 15 is 0 Å². The van der Waals surface area contributed by atoms with Gasteiger partial charge in [-0.25, -0.2) is 0 Å². The summed E-state index contributed by atoms with van der Waals surface area (Å²) < 4.78 is 0. The summed E-state index contributed by atoms with van der Waals surface area (Å²) >= 11 is 0. The van der Waals surface area contributed by atoms with Gasteiger partial charge in [0.2, 0.25) is 0 Å². The lowest BCUT2D eigenvalue weighted by molar-refractivity contribution is 0.435. The molecule has 0 atom stereocenters. The van der Waals surface area contributed by atoms with Crippen LogP contribution in [0.5, 0.6) is 0 Å². The molecule has 0 radical (unpaired) electrons. The number of hydrogen-bond acceptors (Lipinski definition) is 2. The van der Waals surface area contributed by atoms with E-state index in [9.17, 15) is 0 Å². The standard InChI is InChI=1S/C14H24N2/c1-5-12-8-6-7-9-13(12)15-10-11-16-14(2,3)4/h6-9,15-16H,5,10-11H2,1-4H3. The quantitative estimate of drug-likeness (QED) is 0.745. The summed E-state index contributed by atoms with van der Waals surface area (Å²) in [7, 11) is 0. The second kappa shape index (κ2) is 5.90. The van der Waals surface area contributed by atoms with Gasteiger partial charge in [-0.15, -0.1) is 0 Å². The molecule has 1 aromatic rings. The summed E-state index contributed by atoms with van der Waals surface area (Å²) in [5.41, 5.74) is 2.85. The molecule has 0 fully saturated rings. The molecule has 0 aliphatic rings. The fourth-order valence-corrected chi connectivity index (χ4v) is 1.64. The third-order valence-electron chi connectivity index (χ3n) is 2.49. The van der Waals surface area contributed by atoms with Crippen LogP contribution < -0.4 is 10.6 Å². The zero-order valence-electron chi connectivity index (χ0n) is 10.9. The van der Waals surface area contributed by atoms with Crippen molar-refractivity contribution in [2.45, 2.75) is 39.7 Å². The van der Waals surface area contributed by atoms with E-state index in [-0.39, 0.29) is 5.54 Å². The van der Waals surface area contributed by atoms with Crippen LogP contribution in [-0.4, -0.2) is 18.6 Å². The van der Waals surface area contributed by atoms with Crippen LogP contribution in [0.1, 0.15) is 33.3 Å². The van der Waals surface area contributed by atoms with Gasteiger partial charge in [0.1, 0.15) is 0 Å². The minimum atomic E-state index is 0.200. The Kier molecular flexibility index (Phi) is 4.81. The first-order valence-electron chi connectivity index (χ1n) is 6.10. The number of para-hydroxylation sites is 1. The molecular weight excluding hydrogens is 196 g/mol. The number of nitrogens with one attached hydrogen (secondary N) is 2. The number of benzene rings is 1. The summed E-state index contributed by atoms with van der Waals surface area (Å²) in [6.45, 7) is 10.7. The highest BCUT2D eigenvalue weighted by Crippen LogP contribution is 2.14. The SMILES string of the molecule is CCc1ccccc1NCCNC(C)(C)C. The Bertz CT molecular complexity index is 313. The van der Waals surface area contributed by atoms with Crippen LogP contribution in [0.15, 0.2) is 24.3 Å². The lowest BCUT2D eigenvalue weighted by atomic mass is 10.1. The van der Waals surface area contributed by atoms with E-state index in [4.69, 9.17) is 0 Å². The summed E-state index contributed by atoms with van der Waals surface area (Å²) in [5.74, 6) is 0. The van der Waals surface area contributed by atoms with Crippen LogP contribution in [-0.2, 0) is 6.42 Å². The second-order valence-corrected chi connectivity index (χ2v) is 5.11. The van der Waals surface area contributed by atoms with Crippen LogP contribution in [0, 0.1) is 0 Å². The van der Waals surface area contributed by atoms with Gasteiger partial charge in [-0.05, 0) is 38.8 Å². The lowest BCUT2D eigenvalue weighted by Gasteiger charge is -2.21. The molecule has 0 heterocycles. The van der Waals surface area contributed by atoms with E-state index < -0.39 is 0 Å². The maximum atomic E-state index is 3.47. The van der Waals surface area contributed by atoms with E-state index in [2.05, 4.69) is 62.6 Å². The third-order valence-corrected chi connectivity index (χ3v) is 2.49. The van der Waals surface area contributed by atoms with Crippen LogP contribution in [0.4, 0.5) is 5.69 Å². The van der Waals surface area contributed by atoms with E-state index in [0.717, 1.165) is 19.5 Å². The highest BCUT2D eigenvalue weighted by molar-refractivity contribution is 5.50. The van der Waals surface area contributed by atoms with Crippen molar-refractivity contribution in [3.63, 3.8) is 0 Å². The normalized spacial score (nSPS) is 11.5. The van der Waals surface area contributed by atoms with Crippen LogP contribution in [0.3, 0.4) is 0 Å². The molecule has 0 aliphatic carbocycles.